The van der Waals surface area contributed by atoms with Gasteiger partial charge < -0.3 is 24.8 Å². The van der Waals surface area contributed by atoms with Crippen molar-refractivity contribution < 1.29 is 19.0 Å². The maximum absolute atomic E-state index is 12.5. The van der Waals surface area contributed by atoms with Gasteiger partial charge in [0.2, 0.25) is 12.7 Å². The molecule has 1 fully saturated rings. The molecule has 1 aromatic rings. The summed E-state index contributed by atoms with van der Waals surface area (Å²) in [6.07, 6.45) is 2.08. The summed E-state index contributed by atoms with van der Waals surface area (Å²) in [5.74, 6) is 1.62. The SMILES string of the molecule is COC(CN)CC(=O)N1CCCC1c1ccc2c(c1)OCO2. The third-order valence-electron chi connectivity index (χ3n) is 4.35. The average molecular weight is 306 g/mol. The molecule has 1 saturated heterocycles. The summed E-state index contributed by atoms with van der Waals surface area (Å²) in [5.41, 5.74) is 6.71. The van der Waals surface area contributed by atoms with E-state index in [-0.39, 0.29) is 24.8 Å². The lowest BCUT2D eigenvalue weighted by Crippen LogP contribution is -2.35. The number of nitrogens with zero attached hydrogens (tertiary/aromatic N) is 1. The van der Waals surface area contributed by atoms with Crippen molar-refractivity contribution >= 4 is 5.91 Å². The van der Waals surface area contributed by atoms with E-state index in [1.807, 2.05) is 23.1 Å². The van der Waals surface area contributed by atoms with Crippen LogP contribution in [0.5, 0.6) is 11.5 Å². The summed E-state index contributed by atoms with van der Waals surface area (Å²) in [7, 11) is 1.59. The number of hydrogen-bond donors (Lipinski definition) is 1. The first-order valence-corrected chi connectivity index (χ1v) is 7.64. The normalized spacial score (nSPS) is 21.2. The summed E-state index contributed by atoms with van der Waals surface area (Å²) >= 11 is 0. The van der Waals surface area contributed by atoms with Gasteiger partial charge in [-0.2, -0.15) is 0 Å². The Bertz CT molecular complexity index is 545. The number of ether oxygens (including phenoxy) is 3. The van der Waals surface area contributed by atoms with Crippen molar-refractivity contribution in [1.29, 1.82) is 0 Å². The molecule has 2 N–H and O–H groups in total. The zero-order valence-electron chi connectivity index (χ0n) is 12.8. The molecule has 0 aromatic heterocycles. The highest BCUT2D eigenvalue weighted by Crippen LogP contribution is 2.39. The first kappa shape index (κ1) is 15.1. The number of fused-ring (bicyclic) bond motifs is 1. The van der Waals surface area contributed by atoms with Crippen molar-refractivity contribution in [1.82, 2.24) is 4.90 Å². The van der Waals surface area contributed by atoms with E-state index in [2.05, 4.69) is 0 Å². The van der Waals surface area contributed by atoms with Crippen LogP contribution in [0, 0.1) is 0 Å². The van der Waals surface area contributed by atoms with Gasteiger partial charge in [0, 0.05) is 20.2 Å². The van der Waals surface area contributed by atoms with Crippen LogP contribution in [0.15, 0.2) is 18.2 Å². The lowest BCUT2D eigenvalue weighted by atomic mass is 10.0. The van der Waals surface area contributed by atoms with E-state index in [1.54, 1.807) is 7.11 Å². The summed E-state index contributed by atoms with van der Waals surface area (Å²) in [6.45, 7) is 1.39. The predicted octanol–water partition coefficient (Wildman–Crippen LogP) is 1.44. The van der Waals surface area contributed by atoms with Crippen LogP contribution >= 0.6 is 0 Å². The fraction of sp³-hybridized carbons (Fsp3) is 0.562. The van der Waals surface area contributed by atoms with Gasteiger partial charge >= 0.3 is 0 Å². The highest BCUT2D eigenvalue weighted by Gasteiger charge is 2.31. The molecule has 1 amide bonds. The Hall–Kier alpha value is -1.79. The topological polar surface area (TPSA) is 74.0 Å². The Morgan fingerprint density at radius 3 is 3.05 bits per heavy atom. The second-order valence-electron chi connectivity index (χ2n) is 5.66. The molecule has 120 valence electrons. The van der Waals surface area contributed by atoms with Gasteiger partial charge in [0.25, 0.3) is 0 Å². The first-order chi connectivity index (χ1) is 10.7. The van der Waals surface area contributed by atoms with Crippen molar-refractivity contribution in [2.24, 2.45) is 5.73 Å². The number of methoxy groups -OCH3 is 1. The largest absolute Gasteiger partial charge is 0.454 e. The van der Waals surface area contributed by atoms with Gasteiger partial charge in [-0.3, -0.25) is 4.79 Å². The second kappa shape index (κ2) is 6.54. The van der Waals surface area contributed by atoms with Crippen LogP contribution in [0.2, 0.25) is 0 Å². The van der Waals surface area contributed by atoms with Gasteiger partial charge in [0.05, 0.1) is 18.6 Å². The van der Waals surface area contributed by atoms with Gasteiger partial charge in [-0.1, -0.05) is 6.07 Å². The second-order valence-corrected chi connectivity index (χ2v) is 5.66. The molecule has 0 saturated carbocycles. The van der Waals surface area contributed by atoms with Gasteiger partial charge in [-0.25, -0.2) is 0 Å². The Balaban J connectivity index is 1.74. The Kier molecular flexibility index (Phi) is 4.49. The molecule has 2 aliphatic rings. The number of hydrogen-bond acceptors (Lipinski definition) is 5. The minimum Gasteiger partial charge on any atom is -0.454 e. The highest BCUT2D eigenvalue weighted by molar-refractivity contribution is 5.77. The summed E-state index contributed by atoms with van der Waals surface area (Å²) in [6, 6.07) is 6.00. The molecular formula is C16H22N2O4. The predicted molar refractivity (Wildman–Crippen MR) is 80.7 cm³/mol. The molecule has 0 spiro atoms. The molecule has 2 aliphatic heterocycles. The molecule has 1 aromatic carbocycles. The van der Waals surface area contributed by atoms with Crippen LogP contribution in [-0.2, 0) is 9.53 Å². The molecule has 6 nitrogen and oxygen atoms in total. The third-order valence-corrected chi connectivity index (χ3v) is 4.35. The minimum absolute atomic E-state index is 0.0947. The molecule has 0 bridgehead atoms. The van der Waals surface area contributed by atoms with Crippen molar-refractivity contribution in [2.75, 3.05) is 27.0 Å². The van der Waals surface area contributed by atoms with E-state index < -0.39 is 0 Å². The van der Waals surface area contributed by atoms with Crippen LogP contribution in [0.25, 0.3) is 0 Å². The highest BCUT2D eigenvalue weighted by atomic mass is 16.7. The van der Waals surface area contributed by atoms with Crippen LogP contribution in [-0.4, -0.2) is 43.9 Å². The molecule has 6 heteroatoms. The number of carbonyl (C=O) groups is 1. The Morgan fingerprint density at radius 2 is 2.27 bits per heavy atom. The fourth-order valence-corrected chi connectivity index (χ4v) is 3.11. The number of likely N-dealkylation sites (tertiary alicyclic amines) is 1. The van der Waals surface area contributed by atoms with E-state index in [1.165, 1.54) is 0 Å². The monoisotopic (exact) mass is 306 g/mol. The first-order valence-electron chi connectivity index (χ1n) is 7.64. The van der Waals surface area contributed by atoms with E-state index in [4.69, 9.17) is 19.9 Å². The number of benzene rings is 1. The summed E-state index contributed by atoms with van der Waals surface area (Å²) < 4.78 is 16.0. The number of nitrogens with two attached hydrogens (primary N) is 1. The summed E-state index contributed by atoms with van der Waals surface area (Å²) in [5, 5.41) is 0. The van der Waals surface area contributed by atoms with Crippen LogP contribution in [0.4, 0.5) is 0 Å². The zero-order valence-corrected chi connectivity index (χ0v) is 12.8. The van der Waals surface area contributed by atoms with Crippen LogP contribution in [0.1, 0.15) is 30.9 Å². The van der Waals surface area contributed by atoms with Gasteiger partial charge in [-0.15, -0.1) is 0 Å². The lowest BCUT2D eigenvalue weighted by molar-refractivity contribution is -0.134. The number of carbonyl (C=O) groups excluding carboxylic acids is 1. The Morgan fingerprint density at radius 1 is 1.45 bits per heavy atom. The van der Waals surface area contributed by atoms with E-state index >= 15 is 0 Å². The zero-order chi connectivity index (χ0) is 15.5. The minimum atomic E-state index is -0.217. The molecule has 2 atom stereocenters. The van der Waals surface area contributed by atoms with Crippen molar-refractivity contribution in [3.05, 3.63) is 23.8 Å². The van der Waals surface area contributed by atoms with E-state index in [0.717, 1.165) is 36.4 Å². The Labute approximate surface area is 130 Å². The molecule has 2 heterocycles. The molecule has 2 unspecified atom stereocenters. The van der Waals surface area contributed by atoms with Crippen molar-refractivity contribution in [3.8, 4) is 11.5 Å². The van der Waals surface area contributed by atoms with Gasteiger partial charge in [-0.05, 0) is 30.5 Å². The van der Waals surface area contributed by atoms with E-state index in [9.17, 15) is 4.79 Å². The van der Waals surface area contributed by atoms with Crippen LogP contribution < -0.4 is 15.2 Å². The van der Waals surface area contributed by atoms with Gasteiger partial charge in [0.15, 0.2) is 11.5 Å². The number of amides is 1. The van der Waals surface area contributed by atoms with Gasteiger partial charge in [0.1, 0.15) is 0 Å². The summed E-state index contributed by atoms with van der Waals surface area (Å²) in [4.78, 5) is 14.5. The molecular weight excluding hydrogens is 284 g/mol. The van der Waals surface area contributed by atoms with Crippen molar-refractivity contribution in [3.63, 3.8) is 0 Å². The average Bonchev–Trinajstić information content (AvgIpc) is 3.19. The van der Waals surface area contributed by atoms with E-state index in [0.29, 0.717) is 13.0 Å². The third kappa shape index (κ3) is 2.89. The maximum Gasteiger partial charge on any atom is 0.231 e. The lowest BCUT2D eigenvalue weighted by Gasteiger charge is -2.26. The maximum atomic E-state index is 12.5. The molecule has 0 aliphatic carbocycles. The fourth-order valence-electron chi connectivity index (χ4n) is 3.11. The van der Waals surface area contributed by atoms with Crippen LogP contribution in [0.3, 0.4) is 0 Å². The molecule has 0 radical (unpaired) electrons. The smallest absolute Gasteiger partial charge is 0.231 e. The van der Waals surface area contributed by atoms with Crippen molar-refractivity contribution in [2.45, 2.75) is 31.4 Å². The quantitative estimate of drug-likeness (QED) is 0.891. The number of rotatable bonds is 5. The molecule has 22 heavy (non-hydrogen) atoms. The standard InChI is InChI=1S/C16H22N2O4/c1-20-12(9-17)8-16(19)18-6-2-3-13(18)11-4-5-14-15(7-11)22-10-21-14/h4-5,7,12-13H,2-3,6,8-10,17H2,1H3. The molecule has 3 rings (SSSR count).